The first kappa shape index (κ1) is 10.7. The van der Waals surface area contributed by atoms with Gasteiger partial charge in [0.05, 0.1) is 10.6 Å². The zero-order valence-electron chi connectivity index (χ0n) is 7.64. The maximum atomic E-state index is 11.2. The molecule has 0 fully saturated rings. The number of rotatable bonds is 0. The molecule has 0 radical (unpaired) electrons. The molecule has 1 heterocycles. The fourth-order valence-corrected chi connectivity index (χ4v) is 2.20. The molecule has 0 saturated carbocycles. The van der Waals surface area contributed by atoms with Crippen LogP contribution in [-0.2, 0) is 10.3 Å². The molecular formula is C8H4ClN3O3S. The van der Waals surface area contributed by atoms with Crippen molar-refractivity contribution in [2.24, 2.45) is 10.1 Å². The van der Waals surface area contributed by atoms with E-state index in [2.05, 4.69) is 8.58 Å². The van der Waals surface area contributed by atoms with Gasteiger partial charge in [-0.15, -0.1) is 4.40 Å². The van der Waals surface area contributed by atoms with Gasteiger partial charge in [-0.2, -0.15) is 13.7 Å². The van der Waals surface area contributed by atoms with E-state index in [0.29, 0.717) is 0 Å². The van der Waals surface area contributed by atoms with Crippen LogP contribution in [0.25, 0.3) is 0 Å². The molecule has 0 amide bonds. The van der Waals surface area contributed by atoms with Crippen molar-refractivity contribution in [3.8, 4) is 11.8 Å². The van der Waals surface area contributed by atoms with E-state index in [9.17, 15) is 8.42 Å². The summed E-state index contributed by atoms with van der Waals surface area (Å²) in [6, 6.07) is 4.61. The summed E-state index contributed by atoms with van der Waals surface area (Å²) >= 11 is 5.72. The molecule has 1 aliphatic rings. The van der Waals surface area contributed by atoms with Gasteiger partial charge in [-0.05, 0) is 12.1 Å². The fraction of sp³-hybridized carbons (Fsp3) is 0. The number of hydrogen-bond acceptors (Lipinski definition) is 5. The third kappa shape index (κ3) is 1.58. The van der Waals surface area contributed by atoms with Gasteiger partial charge in [0.15, 0.2) is 11.6 Å². The van der Waals surface area contributed by atoms with Gasteiger partial charge in [0.1, 0.15) is 11.6 Å². The third-order valence-electron chi connectivity index (χ3n) is 1.89. The van der Waals surface area contributed by atoms with Crippen LogP contribution >= 0.6 is 11.6 Å². The average molecular weight is 258 g/mol. The van der Waals surface area contributed by atoms with E-state index in [4.69, 9.17) is 22.6 Å². The average Bonchev–Trinajstić information content (AvgIpc) is 2.15. The van der Waals surface area contributed by atoms with Crippen LogP contribution in [0.2, 0.25) is 5.02 Å². The monoisotopic (exact) mass is 257 g/mol. The summed E-state index contributed by atoms with van der Waals surface area (Å²) in [5.41, 5.74) is 5.58. The zero-order chi connectivity index (χ0) is 11.9. The van der Waals surface area contributed by atoms with E-state index < -0.39 is 10.3 Å². The van der Waals surface area contributed by atoms with Gasteiger partial charge in [0.2, 0.25) is 0 Å². The summed E-state index contributed by atoms with van der Waals surface area (Å²) in [5.74, 6) is -0.406. The van der Waals surface area contributed by atoms with E-state index in [1.807, 2.05) is 0 Å². The molecule has 1 aliphatic heterocycles. The summed E-state index contributed by atoms with van der Waals surface area (Å²) in [4.78, 5) is 0. The summed E-state index contributed by atoms with van der Waals surface area (Å²) < 4.78 is 30.1. The molecule has 0 bridgehead atoms. The molecule has 0 aromatic heterocycles. The molecule has 6 nitrogen and oxygen atoms in total. The minimum atomic E-state index is -4.14. The second-order valence-corrected chi connectivity index (χ2v) is 4.51. The van der Waals surface area contributed by atoms with Crippen molar-refractivity contribution in [3.63, 3.8) is 0 Å². The molecule has 1 aromatic carbocycles. The first-order chi connectivity index (χ1) is 7.44. The van der Waals surface area contributed by atoms with E-state index in [0.717, 1.165) is 0 Å². The van der Waals surface area contributed by atoms with Crippen LogP contribution in [0.1, 0.15) is 11.1 Å². The van der Waals surface area contributed by atoms with Crippen molar-refractivity contribution >= 4 is 27.7 Å². The largest absolute Gasteiger partial charge is 0.430 e. The predicted molar refractivity (Wildman–Crippen MR) is 56.4 cm³/mol. The maximum absolute atomic E-state index is 11.2. The Balaban J connectivity index is 2.82. The van der Waals surface area contributed by atoms with E-state index in [-0.39, 0.29) is 27.7 Å². The molecule has 0 atom stereocenters. The number of fused-ring (bicyclic) bond motifs is 1. The van der Waals surface area contributed by atoms with Crippen LogP contribution < -0.4 is 9.92 Å². The maximum Gasteiger partial charge on any atom is 0.430 e. The highest BCUT2D eigenvalue weighted by atomic mass is 35.5. The van der Waals surface area contributed by atoms with Crippen molar-refractivity contribution in [2.45, 2.75) is 0 Å². The van der Waals surface area contributed by atoms with Crippen LogP contribution in [0.5, 0.6) is 5.75 Å². The topological polar surface area (TPSA) is 106 Å². The molecule has 0 aliphatic carbocycles. The van der Waals surface area contributed by atoms with Gasteiger partial charge in [0.25, 0.3) is 0 Å². The Hall–Kier alpha value is -1.78. The van der Waals surface area contributed by atoms with E-state index in [1.54, 1.807) is 6.07 Å². The number of hydrogen-bond donors (Lipinski definition) is 1. The van der Waals surface area contributed by atoms with Crippen molar-refractivity contribution in [1.82, 2.24) is 0 Å². The van der Waals surface area contributed by atoms with Gasteiger partial charge in [-0.3, -0.25) is 0 Å². The molecule has 1 aromatic rings. The highest BCUT2D eigenvalue weighted by Crippen LogP contribution is 2.33. The third-order valence-corrected chi connectivity index (χ3v) is 3.01. The first-order valence-electron chi connectivity index (χ1n) is 3.97. The Morgan fingerprint density at radius 1 is 1.50 bits per heavy atom. The van der Waals surface area contributed by atoms with E-state index in [1.165, 1.54) is 12.1 Å². The van der Waals surface area contributed by atoms with Crippen LogP contribution in [0.4, 0.5) is 0 Å². The lowest BCUT2D eigenvalue weighted by Gasteiger charge is -2.15. The fourth-order valence-electron chi connectivity index (χ4n) is 1.24. The van der Waals surface area contributed by atoms with Crippen molar-refractivity contribution in [3.05, 3.63) is 28.3 Å². The summed E-state index contributed by atoms with van der Waals surface area (Å²) in [6.07, 6.45) is 0. The van der Waals surface area contributed by atoms with Gasteiger partial charge in [-0.1, -0.05) is 11.6 Å². The summed E-state index contributed by atoms with van der Waals surface area (Å²) in [7, 11) is -4.14. The standard InChI is InChI=1S/C8H4ClN3O3S/c9-6-2-1-4-7(5(6)3-10)15-16(13,14)12-8(4)11/h1-2H,(H2,11,12). The SMILES string of the molecule is N#Cc1c(Cl)ccc2c1OS(=O)(=O)N=C2N. The van der Waals surface area contributed by atoms with Crippen molar-refractivity contribution in [2.75, 3.05) is 0 Å². The molecule has 2 rings (SSSR count). The second-order valence-electron chi connectivity index (χ2n) is 2.90. The molecule has 2 N–H and O–H groups in total. The number of halogens is 1. The smallest absolute Gasteiger partial charge is 0.382 e. The Morgan fingerprint density at radius 2 is 2.19 bits per heavy atom. The number of nitrogens with two attached hydrogens (primary N) is 1. The van der Waals surface area contributed by atoms with Crippen LogP contribution in [-0.4, -0.2) is 14.3 Å². The minimum absolute atomic E-state index is 0.0828. The highest BCUT2D eigenvalue weighted by Gasteiger charge is 2.27. The molecule has 8 heteroatoms. The lowest BCUT2D eigenvalue weighted by molar-refractivity contribution is 0.484. The Morgan fingerprint density at radius 3 is 2.81 bits per heavy atom. The molecule has 0 saturated heterocycles. The van der Waals surface area contributed by atoms with Crippen molar-refractivity contribution < 1.29 is 12.6 Å². The summed E-state index contributed by atoms with van der Waals surface area (Å²) in [5, 5.41) is 8.93. The predicted octanol–water partition coefficient (Wildman–Crippen LogP) is 0.554. The van der Waals surface area contributed by atoms with E-state index >= 15 is 0 Å². The minimum Gasteiger partial charge on any atom is -0.382 e. The first-order valence-corrected chi connectivity index (χ1v) is 5.72. The lowest BCUT2D eigenvalue weighted by atomic mass is 10.1. The zero-order valence-corrected chi connectivity index (χ0v) is 9.21. The number of benzene rings is 1. The second kappa shape index (κ2) is 3.37. The van der Waals surface area contributed by atoms with Crippen LogP contribution in [0.15, 0.2) is 16.5 Å². The number of nitriles is 1. The Labute approximate surface area is 96.2 Å². The van der Waals surface area contributed by atoms with Gasteiger partial charge in [-0.25, -0.2) is 0 Å². The van der Waals surface area contributed by atoms with Gasteiger partial charge < -0.3 is 9.92 Å². The molecule has 16 heavy (non-hydrogen) atoms. The van der Waals surface area contributed by atoms with Gasteiger partial charge in [0, 0.05) is 0 Å². The van der Waals surface area contributed by atoms with Gasteiger partial charge >= 0.3 is 10.3 Å². The highest BCUT2D eigenvalue weighted by molar-refractivity contribution is 7.86. The van der Waals surface area contributed by atoms with Crippen molar-refractivity contribution in [1.29, 1.82) is 5.26 Å². The quantitative estimate of drug-likeness (QED) is 0.731. The van der Waals surface area contributed by atoms with Crippen LogP contribution in [0.3, 0.4) is 0 Å². The molecular weight excluding hydrogens is 254 g/mol. The summed E-state index contributed by atoms with van der Waals surface area (Å²) in [6.45, 7) is 0. The normalized spacial score (nSPS) is 16.6. The molecule has 0 spiro atoms. The Kier molecular flexibility index (Phi) is 2.26. The van der Waals surface area contributed by atoms with Crippen LogP contribution in [0, 0.1) is 11.3 Å². The number of amidine groups is 1. The Bertz CT molecular complexity index is 645. The molecule has 82 valence electrons. The lowest BCUT2D eigenvalue weighted by Crippen LogP contribution is -2.25. The molecule has 0 unspecified atom stereocenters. The number of nitrogens with zero attached hydrogens (tertiary/aromatic N) is 2.